The summed E-state index contributed by atoms with van der Waals surface area (Å²) in [7, 11) is 0. The van der Waals surface area contributed by atoms with Crippen LogP contribution in [0.25, 0.3) is 14.4 Å². The third-order valence-corrected chi connectivity index (χ3v) is 26.2. The van der Waals surface area contributed by atoms with Crippen molar-refractivity contribution in [2.75, 3.05) is 0 Å². The summed E-state index contributed by atoms with van der Waals surface area (Å²) in [6, 6.07) is 46.6. The standard InChI is InChI=1S/2C22H25B.Sn/c2*1-4-21(17-19-13-9-7-10-14-19)22(23(5-2)6-3)18-20-15-11-8-12-16-20;/h2*7-16H,4-6H2,1-3H3;. The molecule has 4 aromatic rings. The average molecular weight is 719 g/mol. The molecule has 2 heterocycles. The first-order valence-corrected chi connectivity index (χ1v) is 24.0. The Morgan fingerprint density at radius 1 is 0.362 bits per heavy atom. The van der Waals surface area contributed by atoms with E-state index in [4.69, 9.17) is 0 Å². The van der Waals surface area contributed by atoms with Gasteiger partial charge in [0.15, 0.2) is 0 Å². The predicted molar refractivity (Wildman–Crippen MR) is 213 cm³/mol. The van der Waals surface area contributed by atoms with Gasteiger partial charge in [-0.1, -0.05) is 0 Å². The maximum absolute atomic E-state index is 4.17. The van der Waals surface area contributed by atoms with E-state index in [0.717, 1.165) is 38.1 Å². The first kappa shape index (κ1) is 33.7. The third kappa shape index (κ3) is 5.59. The zero-order valence-electron chi connectivity index (χ0n) is 29.4. The van der Waals surface area contributed by atoms with Crippen molar-refractivity contribution < 1.29 is 0 Å². The Morgan fingerprint density at radius 3 is 0.851 bits per heavy atom. The monoisotopic (exact) mass is 720 g/mol. The van der Waals surface area contributed by atoms with Crippen LogP contribution in [0.1, 0.15) is 76.6 Å². The van der Waals surface area contributed by atoms with Gasteiger partial charge in [-0.2, -0.15) is 0 Å². The van der Waals surface area contributed by atoms with Crippen molar-refractivity contribution in [1.29, 1.82) is 0 Å². The van der Waals surface area contributed by atoms with Crippen LogP contribution in [0.4, 0.5) is 0 Å². The second-order valence-corrected chi connectivity index (χ2v) is 23.2. The molecular weight excluding hydrogens is 669 g/mol. The molecule has 0 N–H and O–H groups in total. The predicted octanol–water partition coefficient (Wildman–Crippen LogP) is 12.4. The Morgan fingerprint density at radius 2 is 0.617 bits per heavy atom. The van der Waals surface area contributed by atoms with E-state index >= 15 is 0 Å². The van der Waals surface area contributed by atoms with Gasteiger partial charge in [0.1, 0.15) is 0 Å². The van der Waals surface area contributed by atoms with Gasteiger partial charge in [0.25, 0.3) is 0 Å². The summed E-state index contributed by atoms with van der Waals surface area (Å²) in [6.45, 7) is 15.6. The van der Waals surface area contributed by atoms with Gasteiger partial charge in [0.05, 0.1) is 0 Å². The van der Waals surface area contributed by atoms with Gasteiger partial charge < -0.3 is 0 Å². The van der Waals surface area contributed by atoms with Crippen LogP contribution < -0.4 is 0 Å². The molecule has 0 saturated heterocycles. The molecule has 0 aromatic heterocycles. The van der Waals surface area contributed by atoms with Crippen LogP contribution in [-0.2, 0) is 0 Å². The Kier molecular flexibility index (Phi) is 10.7. The van der Waals surface area contributed by atoms with E-state index < -0.39 is 18.4 Å². The van der Waals surface area contributed by atoms with Crippen molar-refractivity contribution >= 4 is 46.2 Å². The summed E-state index contributed by atoms with van der Waals surface area (Å²) in [4.78, 5) is 0. The van der Waals surface area contributed by atoms with Gasteiger partial charge in [-0.3, -0.25) is 0 Å². The first-order chi connectivity index (χ1) is 23.1. The van der Waals surface area contributed by atoms with Gasteiger partial charge in [-0.15, -0.1) is 0 Å². The van der Waals surface area contributed by atoms with Crippen molar-refractivity contribution in [1.82, 2.24) is 0 Å². The molecule has 236 valence electrons. The van der Waals surface area contributed by atoms with Crippen molar-refractivity contribution in [3.8, 4) is 0 Å². The van der Waals surface area contributed by atoms with E-state index in [2.05, 4.69) is 163 Å². The van der Waals surface area contributed by atoms with Crippen molar-refractivity contribution in [3.05, 3.63) is 166 Å². The number of rotatable bonds is 12. The fourth-order valence-corrected chi connectivity index (χ4v) is 29.0. The Hall–Kier alpha value is -3.23. The maximum atomic E-state index is 2.45. The van der Waals surface area contributed by atoms with Crippen LogP contribution in [0.2, 0.25) is 25.3 Å². The van der Waals surface area contributed by atoms with Gasteiger partial charge in [-0.05, 0) is 0 Å². The Labute approximate surface area is 289 Å². The topological polar surface area (TPSA) is 0 Å². The summed E-state index contributed by atoms with van der Waals surface area (Å²) in [5.41, 5.74) is 12.4. The van der Waals surface area contributed by atoms with E-state index in [1.54, 1.807) is 36.4 Å². The molecule has 0 unspecified atom stereocenters. The Balaban J connectivity index is 1.96. The number of benzene rings is 4. The number of hydrogen-bond donors (Lipinski definition) is 0. The van der Waals surface area contributed by atoms with E-state index in [1.165, 1.54) is 22.3 Å². The van der Waals surface area contributed by atoms with Crippen LogP contribution in [-0.4, -0.2) is 31.8 Å². The zero-order valence-corrected chi connectivity index (χ0v) is 32.3. The minimum atomic E-state index is -4.17. The molecular formula is C44H50B2Sn. The Bertz CT molecular complexity index is 1670. The SMILES string of the molecule is CCB(CC)C1=[C](c2ccccc2)[Sn]2([C](c3ccccc3)=C1CC)[C](c1ccccc1)=C(CC)C(B(CC)CC)=[C]2c1ccccc1. The minimum absolute atomic E-state index is 0.520. The molecule has 0 radical (unpaired) electrons. The fourth-order valence-electron chi connectivity index (χ4n) is 9.15. The van der Waals surface area contributed by atoms with E-state index in [9.17, 15) is 0 Å². The first-order valence-electron chi connectivity index (χ1n) is 18.3. The molecule has 2 aliphatic rings. The molecule has 0 bridgehead atoms. The van der Waals surface area contributed by atoms with Crippen LogP contribution in [0, 0.1) is 0 Å². The molecule has 6 rings (SSSR count). The molecule has 0 atom stereocenters. The van der Waals surface area contributed by atoms with E-state index in [-0.39, 0.29) is 0 Å². The van der Waals surface area contributed by atoms with Crippen LogP contribution in [0.5, 0.6) is 0 Å². The molecule has 2 aliphatic heterocycles. The molecule has 3 heteroatoms. The summed E-state index contributed by atoms with van der Waals surface area (Å²) < 4.78 is 6.89. The van der Waals surface area contributed by atoms with Crippen LogP contribution >= 0.6 is 0 Å². The molecule has 0 fully saturated rings. The normalized spacial score (nSPS) is 15.8. The summed E-state index contributed by atoms with van der Waals surface area (Å²) in [6.07, 6.45) is 6.73. The summed E-state index contributed by atoms with van der Waals surface area (Å²) in [5.74, 6) is 0. The second-order valence-electron chi connectivity index (χ2n) is 13.2. The molecule has 47 heavy (non-hydrogen) atoms. The summed E-state index contributed by atoms with van der Waals surface area (Å²) >= 11 is -4.17. The summed E-state index contributed by atoms with van der Waals surface area (Å²) in [5, 5.41) is 0. The van der Waals surface area contributed by atoms with E-state index in [1.807, 2.05) is 0 Å². The number of hydrogen-bond acceptors (Lipinski definition) is 0. The van der Waals surface area contributed by atoms with Crippen molar-refractivity contribution in [2.24, 2.45) is 0 Å². The van der Waals surface area contributed by atoms with Crippen molar-refractivity contribution in [3.63, 3.8) is 0 Å². The van der Waals surface area contributed by atoms with Crippen LogP contribution in [0.3, 0.4) is 0 Å². The van der Waals surface area contributed by atoms with Gasteiger partial charge in [0.2, 0.25) is 0 Å². The molecule has 0 nitrogen and oxygen atoms in total. The molecule has 1 spiro atoms. The quantitative estimate of drug-likeness (QED) is 0.128. The van der Waals surface area contributed by atoms with Crippen molar-refractivity contribution in [2.45, 2.75) is 79.7 Å². The van der Waals surface area contributed by atoms with Gasteiger partial charge in [-0.25, -0.2) is 0 Å². The number of allylic oxidation sites excluding steroid dienone is 4. The second kappa shape index (κ2) is 14.9. The molecule has 0 saturated carbocycles. The molecule has 4 aromatic carbocycles. The zero-order chi connectivity index (χ0) is 33.0. The fraction of sp³-hybridized carbons (Fsp3) is 0.273. The van der Waals surface area contributed by atoms with E-state index in [0.29, 0.717) is 13.4 Å². The third-order valence-electron chi connectivity index (χ3n) is 11.0. The average Bonchev–Trinajstić information content (AvgIpc) is 3.60. The van der Waals surface area contributed by atoms with Gasteiger partial charge in [0, 0.05) is 0 Å². The van der Waals surface area contributed by atoms with Gasteiger partial charge >= 0.3 is 291 Å². The molecule has 0 aliphatic carbocycles. The molecule has 0 amide bonds. The van der Waals surface area contributed by atoms with Crippen LogP contribution in [0.15, 0.2) is 143 Å².